The quantitative estimate of drug-likeness (QED) is 0.844. The molecule has 1 amide bonds. The Morgan fingerprint density at radius 1 is 1.20 bits per heavy atom. The van der Waals surface area contributed by atoms with Gasteiger partial charge in [0.05, 0.1) is 17.6 Å². The molecule has 0 saturated carbocycles. The Hall–Kier alpha value is -1.40. The zero-order valence-corrected chi connectivity index (χ0v) is 12.2. The second-order valence-electron chi connectivity index (χ2n) is 6.12. The van der Waals surface area contributed by atoms with E-state index in [0.717, 1.165) is 0 Å². The Morgan fingerprint density at radius 2 is 1.75 bits per heavy atom. The van der Waals surface area contributed by atoms with Gasteiger partial charge in [-0.3, -0.25) is 4.79 Å². The molecule has 1 aliphatic rings. The summed E-state index contributed by atoms with van der Waals surface area (Å²) < 4.78 is 25.4. The number of hydrogen-bond donors (Lipinski definition) is 1. The number of hydrogen-bond acceptors (Lipinski definition) is 3. The van der Waals surface area contributed by atoms with Crippen LogP contribution in [0.15, 0.2) is 18.2 Å². The van der Waals surface area contributed by atoms with Crippen molar-refractivity contribution >= 4 is 18.5 Å². The minimum Gasteiger partial charge on any atom is -0.399 e. The minimum atomic E-state index is -0.651. The van der Waals surface area contributed by atoms with Crippen LogP contribution >= 0.6 is 0 Å². The SMILES string of the molecule is CC1(C)OB(c2cc(F)cc(CC(N)=O)c2)OC1(C)C. The zero-order valence-electron chi connectivity index (χ0n) is 12.2. The van der Waals surface area contributed by atoms with Crippen molar-refractivity contribution < 1.29 is 18.5 Å². The first-order valence-corrected chi connectivity index (χ1v) is 6.54. The van der Waals surface area contributed by atoms with Gasteiger partial charge in [0.25, 0.3) is 0 Å². The van der Waals surface area contributed by atoms with E-state index in [-0.39, 0.29) is 6.42 Å². The van der Waals surface area contributed by atoms with Crippen LogP contribution in [0.4, 0.5) is 4.39 Å². The van der Waals surface area contributed by atoms with Crippen LogP contribution in [-0.4, -0.2) is 24.2 Å². The van der Waals surface area contributed by atoms with Crippen molar-refractivity contribution in [3.63, 3.8) is 0 Å². The van der Waals surface area contributed by atoms with Gasteiger partial charge in [0.15, 0.2) is 0 Å². The molecular formula is C14H19BFNO3. The molecule has 0 unspecified atom stereocenters. The van der Waals surface area contributed by atoms with E-state index >= 15 is 0 Å². The van der Waals surface area contributed by atoms with E-state index in [1.807, 2.05) is 27.7 Å². The Morgan fingerprint density at radius 3 is 2.25 bits per heavy atom. The largest absolute Gasteiger partial charge is 0.494 e. The molecule has 6 heteroatoms. The molecule has 2 N–H and O–H groups in total. The number of nitrogens with two attached hydrogens (primary N) is 1. The third kappa shape index (κ3) is 2.86. The molecule has 1 fully saturated rings. The highest BCUT2D eigenvalue weighted by atomic mass is 19.1. The van der Waals surface area contributed by atoms with E-state index in [4.69, 9.17) is 15.0 Å². The van der Waals surface area contributed by atoms with Crippen molar-refractivity contribution in [3.8, 4) is 0 Å². The predicted octanol–water partition coefficient (Wildman–Crippen LogP) is 1.15. The lowest BCUT2D eigenvalue weighted by molar-refractivity contribution is -0.117. The molecule has 1 aromatic rings. The number of rotatable bonds is 3. The fourth-order valence-electron chi connectivity index (χ4n) is 2.09. The Kier molecular flexibility index (Phi) is 3.65. The summed E-state index contributed by atoms with van der Waals surface area (Å²) in [6.07, 6.45) is -0.00966. The summed E-state index contributed by atoms with van der Waals surface area (Å²) in [6.45, 7) is 7.71. The molecular weight excluding hydrogens is 260 g/mol. The highest BCUT2D eigenvalue weighted by molar-refractivity contribution is 6.62. The average Bonchev–Trinajstić information content (AvgIpc) is 2.46. The molecule has 20 heavy (non-hydrogen) atoms. The van der Waals surface area contributed by atoms with Crippen molar-refractivity contribution in [2.75, 3.05) is 0 Å². The van der Waals surface area contributed by atoms with Gasteiger partial charge in [-0.25, -0.2) is 4.39 Å². The maximum absolute atomic E-state index is 13.7. The van der Waals surface area contributed by atoms with Crippen LogP contribution in [0.1, 0.15) is 33.3 Å². The number of halogens is 1. The molecule has 1 aromatic carbocycles. The third-order valence-corrected chi connectivity index (χ3v) is 3.88. The summed E-state index contributed by atoms with van der Waals surface area (Å²) in [7, 11) is -0.651. The van der Waals surface area contributed by atoms with E-state index in [0.29, 0.717) is 11.0 Å². The van der Waals surface area contributed by atoms with Crippen molar-refractivity contribution in [1.29, 1.82) is 0 Å². The van der Waals surface area contributed by atoms with Gasteiger partial charge in [-0.2, -0.15) is 0 Å². The molecule has 0 aliphatic carbocycles. The van der Waals surface area contributed by atoms with Gasteiger partial charge in [0, 0.05) is 0 Å². The normalized spacial score (nSPS) is 20.1. The second-order valence-corrected chi connectivity index (χ2v) is 6.12. The minimum absolute atomic E-state index is 0.00966. The highest BCUT2D eigenvalue weighted by Crippen LogP contribution is 2.36. The van der Waals surface area contributed by atoms with Crippen LogP contribution < -0.4 is 11.2 Å². The molecule has 0 spiro atoms. The van der Waals surface area contributed by atoms with Gasteiger partial charge in [0.1, 0.15) is 5.82 Å². The summed E-state index contributed by atoms with van der Waals surface area (Å²) >= 11 is 0. The lowest BCUT2D eigenvalue weighted by atomic mass is 9.78. The van der Waals surface area contributed by atoms with Crippen molar-refractivity contribution in [3.05, 3.63) is 29.6 Å². The number of amides is 1. The second kappa shape index (κ2) is 4.86. The molecule has 0 bridgehead atoms. The number of carbonyl (C=O) groups excluding carboxylic acids is 1. The highest BCUT2D eigenvalue weighted by Gasteiger charge is 2.51. The van der Waals surface area contributed by atoms with Crippen molar-refractivity contribution in [1.82, 2.24) is 0 Å². The summed E-state index contributed by atoms with van der Waals surface area (Å²) in [5.41, 5.74) is 5.23. The first-order valence-electron chi connectivity index (χ1n) is 6.54. The van der Waals surface area contributed by atoms with Crippen LogP contribution in [0.3, 0.4) is 0 Å². The maximum atomic E-state index is 13.7. The van der Waals surface area contributed by atoms with E-state index in [2.05, 4.69) is 0 Å². The standard InChI is InChI=1S/C14H19BFNO3/c1-13(2)14(3,4)20-15(19-13)10-5-9(7-12(17)18)6-11(16)8-10/h5-6,8H,7H2,1-4H3,(H2,17,18). The van der Waals surface area contributed by atoms with Crippen molar-refractivity contribution in [2.24, 2.45) is 5.73 Å². The van der Waals surface area contributed by atoms with Gasteiger partial charge in [-0.1, -0.05) is 6.07 Å². The Bertz CT molecular complexity index is 529. The number of carbonyl (C=O) groups is 1. The fourth-order valence-corrected chi connectivity index (χ4v) is 2.09. The van der Waals surface area contributed by atoms with Gasteiger partial charge in [-0.05, 0) is 50.9 Å². The molecule has 1 heterocycles. The monoisotopic (exact) mass is 279 g/mol. The maximum Gasteiger partial charge on any atom is 0.494 e. The molecule has 0 radical (unpaired) electrons. The van der Waals surface area contributed by atoms with Crippen LogP contribution in [-0.2, 0) is 20.5 Å². The molecule has 0 aromatic heterocycles. The zero-order chi connectivity index (χ0) is 15.1. The van der Waals surface area contributed by atoms with Gasteiger partial charge in [0.2, 0.25) is 5.91 Å². The predicted molar refractivity (Wildman–Crippen MR) is 75.0 cm³/mol. The smallest absolute Gasteiger partial charge is 0.399 e. The molecule has 2 rings (SSSR count). The van der Waals surface area contributed by atoms with E-state index < -0.39 is 30.0 Å². The third-order valence-electron chi connectivity index (χ3n) is 3.88. The summed E-state index contributed by atoms with van der Waals surface area (Å²) in [4.78, 5) is 11.0. The van der Waals surface area contributed by atoms with E-state index in [1.165, 1.54) is 12.1 Å². The first kappa shape index (κ1) is 15.0. The van der Waals surface area contributed by atoms with Crippen molar-refractivity contribution in [2.45, 2.75) is 45.3 Å². The molecule has 1 aliphatic heterocycles. The summed E-state index contributed by atoms with van der Waals surface area (Å²) in [6, 6.07) is 4.34. The summed E-state index contributed by atoms with van der Waals surface area (Å²) in [5.74, 6) is -0.941. The Labute approximate surface area is 118 Å². The topological polar surface area (TPSA) is 61.5 Å². The van der Waals surface area contributed by atoms with Crippen LogP contribution in [0.25, 0.3) is 0 Å². The van der Waals surface area contributed by atoms with E-state index in [9.17, 15) is 9.18 Å². The Balaban J connectivity index is 2.30. The van der Waals surface area contributed by atoms with E-state index in [1.54, 1.807) is 6.07 Å². The van der Waals surface area contributed by atoms with Gasteiger partial charge < -0.3 is 15.0 Å². The first-order chi connectivity index (χ1) is 9.10. The lowest BCUT2D eigenvalue weighted by Crippen LogP contribution is -2.41. The molecule has 108 valence electrons. The van der Waals surface area contributed by atoms with Crippen LogP contribution in [0, 0.1) is 5.82 Å². The van der Waals surface area contributed by atoms with Crippen LogP contribution in [0.2, 0.25) is 0 Å². The molecule has 1 saturated heterocycles. The van der Waals surface area contributed by atoms with Gasteiger partial charge >= 0.3 is 7.12 Å². The number of primary amides is 1. The van der Waals surface area contributed by atoms with Crippen LogP contribution in [0.5, 0.6) is 0 Å². The summed E-state index contributed by atoms with van der Waals surface area (Å²) in [5, 5.41) is 0. The lowest BCUT2D eigenvalue weighted by Gasteiger charge is -2.32. The average molecular weight is 279 g/mol. The number of benzene rings is 1. The fraction of sp³-hybridized carbons (Fsp3) is 0.500. The molecule has 0 atom stereocenters. The van der Waals surface area contributed by atoms with Gasteiger partial charge in [-0.15, -0.1) is 0 Å². The molecule has 4 nitrogen and oxygen atoms in total.